The van der Waals surface area contributed by atoms with Gasteiger partial charge in [0.05, 0.1) is 11.1 Å². The fourth-order valence-corrected chi connectivity index (χ4v) is 3.30. The number of aryl methyl sites for hydroxylation is 2. The van der Waals surface area contributed by atoms with Gasteiger partial charge in [0.25, 0.3) is 5.91 Å². The van der Waals surface area contributed by atoms with Crippen molar-refractivity contribution in [1.29, 1.82) is 0 Å². The lowest BCUT2D eigenvalue weighted by Gasteiger charge is -2.10. The number of benzene rings is 2. The standard InChI is InChI=1S/C21H19FN4O/c1-12-13(2)26-19-14(9-15(22)10-18(12)19)11-25-21(27)17-6-4-3-5-16(17)20-23-7-8-24-20/h3-10,26H,11H2,1-2H3,(H,23,24)(H,25,27). The number of aromatic nitrogens is 3. The van der Waals surface area contributed by atoms with E-state index in [-0.39, 0.29) is 18.3 Å². The van der Waals surface area contributed by atoms with Crippen LogP contribution in [0.5, 0.6) is 0 Å². The second kappa shape index (κ2) is 6.72. The van der Waals surface area contributed by atoms with Gasteiger partial charge in [0.2, 0.25) is 0 Å². The van der Waals surface area contributed by atoms with Gasteiger partial charge in [-0.05, 0) is 43.2 Å². The second-order valence-corrected chi connectivity index (χ2v) is 6.53. The highest BCUT2D eigenvalue weighted by Gasteiger charge is 2.15. The maximum Gasteiger partial charge on any atom is 0.252 e. The first-order chi connectivity index (χ1) is 13.0. The molecule has 0 fully saturated rings. The SMILES string of the molecule is Cc1[nH]c2c(CNC(=O)c3ccccc3-c3ncc[nH]3)cc(F)cc2c1C. The molecule has 0 saturated heterocycles. The molecule has 2 aromatic carbocycles. The van der Waals surface area contributed by atoms with Gasteiger partial charge in [-0.1, -0.05) is 18.2 Å². The lowest BCUT2D eigenvalue weighted by molar-refractivity contribution is 0.0951. The molecule has 0 spiro atoms. The highest BCUT2D eigenvalue weighted by Crippen LogP contribution is 2.26. The van der Waals surface area contributed by atoms with Gasteiger partial charge in [-0.3, -0.25) is 4.79 Å². The summed E-state index contributed by atoms with van der Waals surface area (Å²) in [4.78, 5) is 23.3. The van der Waals surface area contributed by atoms with E-state index in [9.17, 15) is 9.18 Å². The molecule has 27 heavy (non-hydrogen) atoms. The Bertz CT molecular complexity index is 1130. The van der Waals surface area contributed by atoms with Crippen LogP contribution in [-0.4, -0.2) is 20.9 Å². The molecule has 0 bridgehead atoms. The number of amides is 1. The number of imidazole rings is 1. The summed E-state index contributed by atoms with van der Waals surface area (Å²) in [5, 5.41) is 3.74. The predicted molar refractivity (Wildman–Crippen MR) is 103 cm³/mol. The Hall–Kier alpha value is -3.41. The summed E-state index contributed by atoms with van der Waals surface area (Å²) in [6, 6.07) is 10.2. The smallest absolute Gasteiger partial charge is 0.252 e. The summed E-state index contributed by atoms with van der Waals surface area (Å²) in [6.07, 6.45) is 3.35. The van der Waals surface area contributed by atoms with E-state index in [2.05, 4.69) is 20.3 Å². The number of carbonyl (C=O) groups excluding carboxylic acids is 1. The number of rotatable bonds is 4. The van der Waals surface area contributed by atoms with Crippen LogP contribution in [0.4, 0.5) is 4.39 Å². The van der Waals surface area contributed by atoms with Crippen LogP contribution in [0.25, 0.3) is 22.3 Å². The van der Waals surface area contributed by atoms with E-state index in [1.54, 1.807) is 24.5 Å². The van der Waals surface area contributed by atoms with Crippen molar-refractivity contribution in [2.24, 2.45) is 0 Å². The highest BCUT2D eigenvalue weighted by atomic mass is 19.1. The van der Waals surface area contributed by atoms with Crippen molar-refractivity contribution >= 4 is 16.8 Å². The Morgan fingerprint density at radius 1 is 1.22 bits per heavy atom. The number of carbonyl (C=O) groups is 1. The van der Waals surface area contributed by atoms with Crippen molar-refractivity contribution in [3.05, 3.63) is 77.0 Å². The van der Waals surface area contributed by atoms with Crippen LogP contribution in [0.3, 0.4) is 0 Å². The molecule has 4 aromatic rings. The van der Waals surface area contributed by atoms with Crippen molar-refractivity contribution in [2.75, 3.05) is 0 Å². The minimum Gasteiger partial charge on any atom is -0.358 e. The summed E-state index contributed by atoms with van der Waals surface area (Å²) in [5.41, 5.74) is 4.80. The number of fused-ring (bicyclic) bond motifs is 1. The quantitative estimate of drug-likeness (QED) is 0.508. The zero-order chi connectivity index (χ0) is 19.0. The van der Waals surface area contributed by atoms with E-state index in [1.807, 2.05) is 26.0 Å². The van der Waals surface area contributed by atoms with Gasteiger partial charge in [-0.25, -0.2) is 9.37 Å². The van der Waals surface area contributed by atoms with E-state index in [0.29, 0.717) is 17.0 Å². The first kappa shape index (κ1) is 17.0. The van der Waals surface area contributed by atoms with E-state index in [4.69, 9.17) is 0 Å². The molecule has 0 aliphatic carbocycles. The molecule has 6 heteroatoms. The maximum atomic E-state index is 14.0. The van der Waals surface area contributed by atoms with Crippen molar-refractivity contribution in [3.63, 3.8) is 0 Å². The third-order valence-electron chi connectivity index (χ3n) is 4.83. The topological polar surface area (TPSA) is 73.6 Å². The molecule has 0 unspecified atom stereocenters. The summed E-state index contributed by atoms with van der Waals surface area (Å²) in [5.74, 6) is 0.0776. The molecule has 0 atom stereocenters. The van der Waals surface area contributed by atoms with Crippen molar-refractivity contribution in [1.82, 2.24) is 20.3 Å². The monoisotopic (exact) mass is 362 g/mol. The maximum absolute atomic E-state index is 14.0. The largest absolute Gasteiger partial charge is 0.358 e. The van der Waals surface area contributed by atoms with Gasteiger partial charge in [-0.2, -0.15) is 0 Å². The minimum absolute atomic E-state index is 0.221. The Labute approximate surface area is 155 Å². The van der Waals surface area contributed by atoms with Gasteiger partial charge in [-0.15, -0.1) is 0 Å². The molecular weight excluding hydrogens is 343 g/mol. The summed E-state index contributed by atoms with van der Waals surface area (Å²) in [7, 11) is 0. The number of H-pyrrole nitrogens is 2. The molecule has 0 aliphatic heterocycles. The van der Waals surface area contributed by atoms with Crippen LogP contribution in [-0.2, 0) is 6.54 Å². The molecule has 0 aliphatic rings. The first-order valence-corrected chi connectivity index (χ1v) is 8.69. The van der Waals surface area contributed by atoms with Crippen LogP contribution in [0.15, 0.2) is 48.8 Å². The normalized spacial score (nSPS) is 11.1. The van der Waals surface area contributed by atoms with E-state index >= 15 is 0 Å². The van der Waals surface area contributed by atoms with E-state index in [1.165, 1.54) is 12.1 Å². The minimum atomic E-state index is -0.315. The van der Waals surface area contributed by atoms with Crippen molar-refractivity contribution < 1.29 is 9.18 Å². The Kier molecular flexibility index (Phi) is 4.24. The van der Waals surface area contributed by atoms with Crippen molar-refractivity contribution in [3.8, 4) is 11.4 Å². The van der Waals surface area contributed by atoms with Crippen LogP contribution in [0.1, 0.15) is 27.2 Å². The fraction of sp³-hybridized carbons (Fsp3) is 0.143. The average Bonchev–Trinajstić information content (AvgIpc) is 3.30. The van der Waals surface area contributed by atoms with Gasteiger partial charge in [0.1, 0.15) is 11.6 Å². The number of nitrogens with zero attached hydrogens (tertiary/aromatic N) is 1. The Morgan fingerprint density at radius 2 is 2.04 bits per heavy atom. The van der Waals surface area contributed by atoms with Crippen molar-refractivity contribution in [2.45, 2.75) is 20.4 Å². The van der Waals surface area contributed by atoms with E-state index < -0.39 is 0 Å². The van der Waals surface area contributed by atoms with E-state index in [0.717, 1.165) is 27.7 Å². The molecule has 1 amide bonds. The molecule has 0 radical (unpaired) electrons. The predicted octanol–water partition coefficient (Wildman–Crippen LogP) is 4.24. The molecular formula is C21H19FN4O. The van der Waals surface area contributed by atoms with Crippen LogP contribution in [0.2, 0.25) is 0 Å². The zero-order valence-corrected chi connectivity index (χ0v) is 15.1. The highest BCUT2D eigenvalue weighted by molar-refractivity contribution is 6.00. The summed E-state index contributed by atoms with van der Waals surface area (Å²) in [6.45, 7) is 4.13. The third-order valence-corrected chi connectivity index (χ3v) is 4.83. The molecule has 5 nitrogen and oxygen atoms in total. The Morgan fingerprint density at radius 3 is 2.81 bits per heavy atom. The average molecular weight is 362 g/mol. The number of halogens is 1. The molecule has 3 N–H and O–H groups in total. The summed E-state index contributed by atoms with van der Waals surface area (Å²) < 4.78 is 14.0. The van der Waals surface area contributed by atoms with Gasteiger partial charge in [0.15, 0.2) is 0 Å². The lowest BCUT2D eigenvalue weighted by atomic mass is 10.1. The molecule has 4 rings (SSSR count). The molecule has 136 valence electrons. The first-order valence-electron chi connectivity index (χ1n) is 8.69. The third kappa shape index (κ3) is 3.10. The Balaban J connectivity index is 1.63. The second-order valence-electron chi connectivity index (χ2n) is 6.53. The number of aromatic amines is 2. The molecule has 2 heterocycles. The number of nitrogens with one attached hydrogen (secondary N) is 3. The van der Waals surface area contributed by atoms with Crippen LogP contribution < -0.4 is 5.32 Å². The summed E-state index contributed by atoms with van der Waals surface area (Å²) >= 11 is 0. The number of hydrogen-bond donors (Lipinski definition) is 3. The lowest BCUT2D eigenvalue weighted by Crippen LogP contribution is -2.23. The van der Waals surface area contributed by atoms with Crippen LogP contribution >= 0.6 is 0 Å². The van der Waals surface area contributed by atoms with Gasteiger partial charge < -0.3 is 15.3 Å². The van der Waals surface area contributed by atoms with Crippen LogP contribution in [0, 0.1) is 19.7 Å². The van der Waals surface area contributed by atoms with Gasteiger partial charge >= 0.3 is 0 Å². The molecule has 0 saturated carbocycles. The number of hydrogen-bond acceptors (Lipinski definition) is 2. The molecule has 2 aromatic heterocycles. The fourth-order valence-electron chi connectivity index (χ4n) is 3.30. The zero-order valence-electron chi connectivity index (χ0n) is 15.1. The van der Waals surface area contributed by atoms with Gasteiger partial charge in [0, 0.05) is 35.6 Å².